The SMILES string of the molecule is CCOC(CNC(=O)c1ccc(C)c(-c2ccc(NC(=O)c3c(F)cccc3F)cc2)c1)OCC.Cc1ccc(-c2ncco2)cc1-c1ccc(NC(=O)c2c(F)cccc2F)cc1.Cc1ccc(C(=O)O)cc1-c1ccc(NC(=O)c2c(F)cccc2F)cc1. The van der Waals surface area contributed by atoms with Crippen LogP contribution in [-0.4, -0.2) is 65.7 Å². The van der Waals surface area contributed by atoms with Gasteiger partial charge in [0.2, 0.25) is 5.89 Å². The fourth-order valence-corrected chi connectivity index (χ4v) is 9.31. The fourth-order valence-electron chi connectivity index (χ4n) is 9.31. The second-order valence-corrected chi connectivity index (χ2v) is 20.2. The molecule has 0 spiro atoms. The topological polar surface area (TPSA) is 198 Å². The van der Waals surface area contributed by atoms with Gasteiger partial charge >= 0.3 is 5.97 Å². The Morgan fingerprint density at radius 1 is 0.451 bits per heavy atom. The number of carboxylic acids is 1. The van der Waals surface area contributed by atoms with E-state index in [-0.39, 0.29) is 18.0 Å². The Bertz CT molecular complexity index is 4180. The summed E-state index contributed by atoms with van der Waals surface area (Å²) < 4.78 is 98.9. The zero-order valence-corrected chi connectivity index (χ0v) is 49.6. The molecule has 91 heavy (non-hydrogen) atoms. The minimum atomic E-state index is -1.02. The summed E-state index contributed by atoms with van der Waals surface area (Å²) in [6.07, 6.45) is 2.59. The zero-order chi connectivity index (χ0) is 65.3. The number of rotatable bonds is 18. The summed E-state index contributed by atoms with van der Waals surface area (Å²) in [4.78, 5) is 64.7. The van der Waals surface area contributed by atoms with Crippen LogP contribution >= 0.6 is 0 Å². The van der Waals surface area contributed by atoms with Gasteiger partial charge in [-0.25, -0.2) is 36.1 Å². The first kappa shape index (κ1) is 66.0. The highest BCUT2D eigenvalue weighted by Crippen LogP contribution is 2.32. The third-order valence-electron chi connectivity index (χ3n) is 14.0. The van der Waals surface area contributed by atoms with Crippen LogP contribution in [0, 0.1) is 55.7 Å². The molecule has 4 amide bonds. The van der Waals surface area contributed by atoms with Crippen LogP contribution in [0.15, 0.2) is 199 Å². The first-order valence-corrected chi connectivity index (χ1v) is 28.3. The Kier molecular flexibility index (Phi) is 22.3. The van der Waals surface area contributed by atoms with Crippen LogP contribution in [0.3, 0.4) is 0 Å². The Labute approximate surface area is 519 Å². The van der Waals surface area contributed by atoms with Crippen molar-refractivity contribution < 1.29 is 69.3 Å². The van der Waals surface area contributed by atoms with E-state index in [4.69, 9.17) is 19.0 Å². The molecule has 10 rings (SSSR count). The minimum absolute atomic E-state index is 0.169. The molecule has 0 radical (unpaired) electrons. The van der Waals surface area contributed by atoms with E-state index < -0.39 is 81.6 Å². The number of halogens is 6. The van der Waals surface area contributed by atoms with E-state index in [1.807, 2.05) is 71.0 Å². The molecule has 20 heteroatoms. The molecule has 0 unspecified atom stereocenters. The van der Waals surface area contributed by atoms with Crippen LogP contribution < -0.4 is 21.3 Å². The molecule has 1 aromatic heterocycles. The Morgan fingerprint density at radius 3 is 1.14 bits per heavy atom. The number of hydrogen-bond donors (Lipinski definition) is 5. The van der Waals surface area contributed by atoms with E-state index in [2.05, 4.69) is 26.3 Å². The van der Waals surface area contributed by atoms with E-state index in [0.717, 1.165) is 92.0 Å². The summed E-state index contributed by atoms with van der Waals surface area (Å²) in [6, 6.07) is 46.2. The van der Waals surface area contributed by atoms with Gasteiger partial charge in [0.05, 0.1) is 18.3 Å². The number of aryl methyl sites for hydroxylation is 3. The summed E-state index contributed by atoms with van der Waals surface area (Å²) in [5.41, 5.74) is 8.74. The van der Waals surface area contributed by atoms with Crippen molar-refractivity contribution >= 4 is 46.7 Å². The standard InChI is InChI=1S/C27H28F2N2O4.C23H16F2N2O2.C21H15F2NO3/c1-4-34-24(35-5-2)16-30-26(32)19-10-9-17(3)21(15-19)18-11-13-20(14-12-18)31-27(33)25-22(28)7-6-8-23(25)29;1-14-5-6-16(23-26-11-12-29-23)13-18(14)15-7-9-17(10-8-15)27-22(28)21-19(24)3-2-4-20(21)25;1-12-5-6-14(21(26)27)11-16(12)13-7-9-15(10-8-13)24-20(25)19-17(22)3-2-4-18(19)23/h6-15,24H,4-5,16H2,1-3H3,(H,30,32)(H,31,33);2-13H,1H3,(H,27,28);2-11H,1H3,(H,24,25)(H,26,27). The molecule has 0 aliphatic carbocycles. The van der Waals surface area contributed by atoms with Crippen LogP contribution in [0.4, 0.5) is 43.4 Å². The molecule has 0 saturated heterocycles. The van der Waals surface area contributed by atoms with Crippen molar-refractivity contribution in [1.82, 2.24) is 10.3 Å². The van der Waals surface area contributed by atoms with Crippen LogP contribution in [0.5, 0.6) is 0 Å². The molecular weight excluding hydrogens is 1180 g/mol. The van der Waals surface area contributed by atoms with Gasteiger partial charge in [0.25, 0.3) is 23.6 Å². The number of carboxylic acid groups (broad SMARTS) is 1. The van der Waals surface area contributed by atoms with Gasteiger partial charge in [-0.2, -0.15) is 0 Å². The molecule has 14 nitrogen and oxygen atoms in total. The molecule has 0 aliphatic heterocycles. The molecule has 0 bridgehead atoms. The van der Waals surface area contributed by atoms with Crippen LogP contribution in [0.25, 0.3) is 44.8 Å². The van der Waals surface area contributed by atoms with Gasteiger partial charge in [0.1, 0.15) is 57.9 Å². The molecule has 0 fully saturated rings. The number of anilines is 3. The first-order chi connectivity index (χ1) is 43.7. The van der Waals surface area contributed by atoms with Crippen molar-refractivity contribution in [2.24, 2.45) is 0 Å². The van der Waals surface area contributed by atoms with Gasteiger partial charge in [0.15, 0.2) is 6.29 Å². The smallest absolute Gasteiger partial charge is 0.335 e. The predicted molar refractivity (Wildman–Crippen MR) is 335 cm³/mol. The highest BCUT2D eigenvalue weighted by molar-refractivity contribution is 6.06. The number of hydrogen-bond acceptors (Lipinski definition) is 9. The van der Waals surface area contributed by atoms with Crippen molar-refractivity contribution in [1.29, 1.82) is 0 Å². The van der Waals surface area contributed by atoms with E-state index >= 15 is 0 Å². The Hall–Kier alpha value is -11.0. The van der Waals surface area contributed by atoms with Crippen molar-refractivity contribution in [3.8, 4) is 44.8 Å². The second kappa shape index (κ2) is 30.8. The molecular formula is C71H59F6N5O9. The predicted octanol–water partition coefficient (Wildman–Crippen LogP) is 16.1. The van der Waals surface area contributed by atoms with Gasteiger partial charge in [-0.15, -0.1) is 0 Å². The van der Waals surface area contributed by atoms with Crippen LogP contribution in [-0.2, 0) is 9.47 Å². The third-order valence-corrected chi connectivity index (χ3v) is 14.0. The number of nitrogens with zero attached hydrogens (tertiary/aromatic N) is 1. The molecule has 10 aromatic rings. The average Bonchev–Trinajstić information content (AvgIpc) is 1.57. The molecule has 0 atom stereocenters. The number of aromatic nitrogens is 1. The van der Waals surface area contributed by atoms with E-state index in [0.29, 0.717) is 41.7 Å². The number of oxazole rings is 1. The van der Waals surface area contributed by atoms with Crippen molar-refractivity contribution in [3.63, 3.8) is 0 Å². The highest BCUT2D eigenvalue weighted by atomic mass is 19.2. The van der Waals surface area contributed by atoms with Gasteiger partial charge in [-0.1, -0.05) is 72.8 Å². The third kappa shape index (κ3) is 17.0. The van der Waals surface area contributed by atoms with Gasteiger partial charge in [-0.3, -0.25) is 19.2 Å². The summed E-state index contributed by atoms with van der Waals surface area (Å²) in [7, 11) is 0. The summed E-state index contributed by atoms with van der Waals surface area (Å²) in [6.45, 7) is 10.7. The molecule has 0 aliphatic rings. The quantitative estimate of drug-likeness (QED) is 0.0407. The Morgan fingerprint density at radius 2 is 0.791 bits per heavy atom. The van der Waals surface area contributed by atoms with Crippen LogP contribution in [0.1, 0.15) is 82.3 Å². The summed E-state index contributed by atoms with van der Waals surface area (Å²) in [5, 5.41) is 19.4. The maximum absolute atomic E-state index is 13.9. The highest BCUT2D eigenvalue weighted by Gasteiger charge is 2.21. The number of ether oxygens (including phenoxy) is 2. The van der Waals surface area contributed by atoms with E-state index in [1.165, 1.54) is 30.5 Å². The Balaban J connectivity index is 0.000000177. The van der Waals surface area contributed by atoms with E-state index in [1.54, 1.807) is 91.1 Å². The van der Waals surface area contributed by atoms with E-state index in [9.17, 15) is 50.3 Å². The average molecular weight is 1240 g/mol. The molecule has 464 valence electrons. The number of amides is 4. The van der Waals surface area contributed by atoms with Crippen molar-refractivity contribution in [2.45, 2.75) is 40.9 Å². The summed E-state index contributed by atoms with van der Waals surface area (Å²) in [5.74, 6) is -8.90. The first-order valence-electron chi connectivity index (χ1n) is 28.3. The molecule has 1 heterocycles. The zero-order valence-electron chi connectivity index (χ0n) is 49.6. The molecule has 9 aromatic carbocycles. The van der Waals surface area contributed by atoms with Crippen LogP contribution in [0.2, 0.25) is 0 Å². The van der Waals surface area contributed by atoms with Gasteiger partial charge in [0, 0.05) is 41.4 Å². The minimum Gasteiger partial charge on any atom is -0.478 e. The van der Waals surface area contributed by atoms with Gasteiger partial charge in [-0.05, 0) is 194 Å². The lowest BCUT2D eigenvalue weighted by molar-refractivity contribution is -0.131. The van der Waals surface area contributed by atoms with Crippen molar-refractivity contribution in [3.05, 3.63) is 274 Å². The monoisotopic (exact) mass is 1240 g/mol. The second-order valence-electron chi connectivity index (χ2n) is 20.2. The lowest BCUT2D eigenvalue weighted by Crippen LogP contribution is -2.35. The maximum atomic E-state index is 13.9. The number of aromatic carboxylic acids is 1. The number of nitrogens with one attached hydrogen (secondary N) is 4. The maximum Gasteiger partial charge on any atom is 0.335 e. The van der Waals surface area contributed by atoms with Crippen molar-refractivity contribution in [2.75, 3.05) is 35.7 Å². The molecule has 5 N–H and O–H groups in total. The largest absolute Gasteiger partial charge is 0.478 e. The number of carbonyl (C=O) groups is 5. The lowest BCUT2D eigenvalue weighted by Gasteiger charge is -2.17. The van der Waals surface area contributed by atoms with Gasteiger partial charge < -0.3 is 40.3 Å². The molecule has 0 saturated carbocycles. The lowest BCUT2D eigenvalue weighted by atomic mass is 9.97. The number of carbonyl (C=O) groups excluding carboxylic acids is 4. The normalized spacial score (nSPS) is 10.7. The number of benzene rings is 9. The summed E-state index contributed by atoms with van der Waals surface area (Å²) >= 11 is 0. The fraction of sp³-hybridized carbons (Fsp3) is 0.127.